The van der Waals surface area contributed by atoms with Gasteiger partial charge < -0.3 is 15.3 Å². The highest BCUT2D eigenvalue weighted by molar-refractivity contribution is 5.67. The summed E-state index contributed by atoms with van der Waals surface area (Å²) in [7, 11) is 0. The fraction of sp³-hybridized carbons (Fsp3) is 0.833. The summed E-state index contributed by atoms with van der Waals surface area (Å²) in [6.45, 7) is 13.9. The fourth-order valence-electron chi connectivity index (χ4n) is 10.1. The molecule has 0 unspecified atom stereocenters. The van der Waals surface area contributed by atoms with Crippen molar-refractivity contribution in [2.24, 2.45) is 45.3 Å². The first-order valence-electron chi connectivity index (χ1n) is 13.8. The largest absolute Gasteiger partial charge is 0.481 e. The monoisotopic (exact) mass is 472 g/mol. The van der Waals surface area contributed by atoms with Gasteiger partial charge in [-0.3, -0.25) is 4.79 Å². The van der Waals surface area contributed by atoms with Gasteiger partial charge in [0.15, 0.2) is 0 Å². The van der Waals surface area contributed by atoms with Crippen LogP contribution in [0.1, 0.15) is 98.3 Å². The zero-order valence-corrected chi connectivity index (χ0v) is 22.0. The molecule has 0 aromatic rings. The number of hydrogen-bond donors (Lipinski definition) is 3. The fourth-order valence-corrected chi connectivity index (χ4v) is 10.1. The van der Waals surface area contributed by atoms with Crippen LogP contribution in [-0.4, -0.2) is 34.5 Å². The molecule has 4 aliphatic carbocycles. The van der Waals surface area contributed by atoms with E-state index in [1.54, 1.807) is 0 Å². The van der Waals surface area contributed by atoms with Gasteiger partial charge in [-0.2, -0.15) is 0 Å². The molecular formula is C30H48O4. The Balaban J connectivity index is 1.62. The first kappa shape index (κ1) is 25.9. The summed E-state index contributed by atoms with van der Waals surface area (Å²) < 4.78 is 0. The Kier molecular flexibility index (Phi) is 6.92. The quantitative estimate of drug-likeness (QED) is 0.323. The summed E-state index contributed by atoms with van der Waals surface area (Å²) in [4.78, 5) is 11.6. The highest BCUT2D eigenvalue weighted by Gasteiger charge is 2.80. The highest BCUT2D eigenvalue weighted by atomic mass is 16.4. The molecule has 0 heterocycles. The summed E-state index contributed by atoms with van der Waals surface area (Å²) in [6.07, 6.45) is 13.4. The SMILES string of the molecule is C=C(CO)[C@H]1CC[C@H]2[C@@]3(CC[C@]4(C)[C@@H]([C@H](CO)CCC=C(C)C)CC[C@@]24C)C[C@@]13CCC(=O)O. The van der Waals surface area contributed by atoms with Gasteiger partial charge in [-0.05, 0) is 129 Å². The number of fused-ring (bicyclic) bond motifs is 2. The molecule has 4 nitrogen and oxygen atoms in total. The molecule has 0 aromatic carbocycles. The number of aliphatic hydroxyl groups is 2. The number of carbonyl (C=O) groups is 1. The lowest BCUT2D eigenvalue weighted by atomic mass is 9.43. The summed E-state index contributed by atoms with van der Waals surface area (Å²) in [5.74, 6) is 1.08. The second-order valence-electron chi connectivity index (χ2n) is 13.2. The van der Waals surface area contributed by atoms with Crippen molar-refractivity contribution < 1.29 is 20.1 Å². The molecule has 0 saturated heterocycles. The van der Waals surface area contributed by atoms with E-state index in [9.17, 15) is 20.1 Å². The zero-order valence-electron chi connectivity index (χ0n) is 22.0. The van der Waals surface area contributed by atoms with Crippen molar-refractivity contribution in [3.63, 3.8) is 0 Å². The van der Waals surface area contributed by atoms with Crippen LogP contribution >= 0.6 is 0 Å². The van der Waals surface area contributed by atoms with Crippen LogP contribution in [0, 0.1) is 45.3 Å². The second kappa shape index (κ2) is 9.07. The molecule has 4 fully saturated rings. The lowest BCUT2D eigenvalue weighted by Gasteiger charge is -2.61. The molecule has 0 amide bonds. The van der Waals surface area contributed by atoms with Crippen LogP contribution in [0.3, 0.4) is 0 Å². The molecule has 3 N–H and O–H groups in total. The van der Waals surface area contributed by atoms with E-state index >= 15 is 0 Å². The van der Waals surface area contributed by atoms with Crippen LogP contribution in [-0.2, 0) is 4.79 Å². The molecule has 4 saturated carbocycles. The van der Waals surface area contributed by atoms with Crippen LogP contribution < -0.4 is 0 Å². The van der Waals surface area contributed by atoms with E-state index < -0.39 is 5.97 Å². The maximum absolute atomic E-state index is 11.6. The Morgan fingerprint density at radius 1 is 1.09 bits per heavy atom. The first-order chi connectivity index (χ1) is 16.0. The summed E-state index contributed by atoms with van der Waals surface area (Å²) in [6, 6.07) is 0. The highest BCUT2D eigenvalue weighted by Crippen LogP contribution is 2.87. The van der Waals surface area contributed by atoms with E-state index in [4.69, 9.17) is 0 Å². The molecule has 4 aliphatic rings. The minimum absolute atomic E-state index is 0.0103. The molecular weight excluding hydrogens is 424 g/mol. The van der Waals surface area contributed by atoms with Gasteiger partial charge in [-0.1, -0.05) is 32.1 Å². The van der Waals surface area contributed by atoms with Crippen molar-refractivity contribution in [2.75, 3.05) is 13.2 Å². The molecule has 0 aliphatic heterocycles. The first-order valence-corrected chi connectivity index (χ1v) is 13.8. The van der Waals surface area contributed by atoms with Gasteiger partial charge in [0.05, 0.1) is 6.61 Å². The van der Waals surface area contributed by atoms with Gasteiger partial charge in [0.25, 0.3) is 0 Å². The van der Waals surface area contributed by atoms with Gasteiger partial charge in [-0.25, -0.2) is 0 Å². The number of allylic oxidation sites excluding steroid dienone is 2. The van der Waals surface area contributed by atoms with Crippen LogP contribution in [0.5, 0.6) is 0 Å². The summed E-state index contributed by atoms with van der Waals surface area (Å²) in [5, 5.41) is 29.9. The van der Waals surface area contributed by atoms with E-state index in [1.807, 2.05) is 0 Å². The Labute approximate surface area is 206 Å². The Morgan fingerprint density at radius 3 is 2.44 bits per heavy atom. The van der Waals surface area contributed by atoms with Crippen LogP contribution in [0.15, 0.2) is 23.8 Å². The predicted octanol–water partition coefficient (Wildman–Crippen LogP) is 6.37. The lowest BCUT2D eigenvalue weighted by molar-refractivity contribution is -0.139. The minimum atomic E-state index is -0.707. The van der Waals surface area contributed by atoms with Gasteiger partial charge in [0, 0.05) is 13.0 Å². The maximum atomic E-state index is 11.6. The van der Waals surface area contributed by atoms with Crippen LogP contribution in [0.25, 0.3) is 0 Å². The van der Waals surface area contributed by atoms with E-state index in [0.29, 0.717) is 17.8 Å². The van der Waals surface area contributed by atoms with E-state index in [2.05, 4.69) is 40.3 Å². The molecule has 0 bridgehead atoms. The Bertz CT molecular complexity index is 843. The van der Waals surface area contributed by atoms with E-state index in [0.717, 1.165) is 37.7 Å². The molecule has 1 spiro atoms. The standard InChI is InChI=1S/C30H48O4/c1-20(2)7-6-8-22(18-32)24-11-13-28(5)25-10-9-23(21(3)17-31)29(14-12-26(33)34)19-30(25,29)16-15-27(24,28)4/h7,22-25,31-32H,3,6,8-19H2,1-2,4-5H3,(H,33,34)/t22-,23+,24+,25+,27+,28-,29-,30+/m0/s1. The molecule has 192 valence electrons. The molecule has 8 atom stereocenters. The lowest BCUT2D eigenvalue weighted by Crippen LogP contribution is -2.54. The minimum Gasteiger partial charge on any atom is -0.481 e. The Hall–Kier alpha value is -1.13. The molecule has 0 aromatic heterocycles. The van der Waals surface area contributed by atoms with Crippen LogP contribution in [0.2, 0.25) is 0 Å². The van der Waals surface area contributed by atoms with Gasteiger partial charge in [-0.15, -0.1) is 0 Å². The third kappa shape index (κ3) is 3.65. The van der Waals surface area contributed by atoms with Gasteiger partial charge >= 0.3 is 5.97 Å². The molecule has 0 radical (unpaired) electrons. The second-order valence-corrected chi connectivity index (χ2v) is 13.2. The number of carboxylic acid groups (broad SMARTS) is 1. The predicted molar refractivity (Wildman–Crippen MR) is 136 cm³/mol. The van der Waals surface area contributed by atoms with E-state index in [-0.39, 0.29) is 47.2 Å². The third-order valence-corrected chi connectivity index (χ3v) is 11.9. The maximum Gasteiger partial charge on any atom is 0.303 e. The number of aliphatic carboxylic acids is 1. The van der Waals surface area contributed by atoms with Gasteiger partial charge in [0.2, 0.25) is 0 Å². The molecule has 4 rings (SSSR count). The molecule has 4 heteroatoms. The summed E-state index contributed by atoms with van der Waals surface area (Å²) in [5.41, 5.74) is 2.95. The third-order valence-electron chi connectivity index (χ3n) is 11.9. The normalized spacial score (nSPS) is 43.3. The average molecular weight is 473 g/mol. The smallest absolute Gasteiger partial charge is 0.303 e. The van der Waals surface area contributed by atoms with Crippen molar-refractivity contribution in [3.8, 4) is 0 Å². The van der Waals surface area contributed by atoms with E-state index in [1.165, 1.54) is 37.7 Å². The zero-order chi connectivity index (χ0) is 24.9. The topological polar surface area (TPSA) is 77.8 Å². The summed E-state index contributed by atoms with van der Waals surface area (Å²) >= 11 is 0. The van der Waals surface area contributed by atoms with Gasteiger partial charge in [0.1, 0.15) is 0 Å². The number of rotatable bonds is 10. The Morgan fingerprint density at radius 2 is 1.82 bits per heavy atom. The molecule has 34 heavy (non-hydrogen) atoms. The van der Waals surface area contributed by atoms with Crippen molar-refractivity contribution in [1.82, 2.24) is 0 Å². The number of carboxylic acids is 1. The van der Waals surface area contributed by atoms with Crippen molar-refractivity contribution in [2.45, 2.75) is 98.3 Å². The van der Waals surface area contributed by atoms with Crippen molar-refractivity contribution in [3.05, 3.63) is 23.8 Å². The number of aliphatic hydroxyl groups excluding tert-OH is 2. The van der Waals surface area contributed by atoms with Crippen molar-refractivity contribution >= 4 is 5.97 Å². The number of hydrogen-bond acceptors (Lipinski definition) is 3. The van der Waals surface area contributed by atoms with Crippen molar-refractivity contribution in [1.29, 1.82) is 0 Å². The van der Waals surface area contributed by atoms with Crippen LogP contribution in [0.4, 0.5) is 0 Å². The average Bonchev–Trinajstić information content (AvgIpc) is 3.39.